The first-order chi connectivity index (χ1) is 7.68. The van der Waals surface area contributed by atoms with E-state index in [1.807, 2.05) is 6.92 Å². The summed E-state index contributed by atoms with van der Waals surface area (Å²) in [6.45, 7) is 4.93. The smallest absolute Gasteiger partial charge is 0.307 e. The van der Waals surface area contributed by atoms with Gasteiger partial charge in [0.25, 0.3) is 0 Å². The maximum Gasteiger partial charge on any atom is 0.307 e. The molecule has 0 rings (SSSR count). The minimum Gasteiger partial charge on any atom is -0.481 e. The molecule has 0 radical (unpaired) electrons. The molecule has 0 aliphatic rings. The fourth-order valence-electron chi connectivity index (χ4n) is 1.13. The molecule has 0 aromatic rings. The highest BCUT2D eigenvalue weighted by Crippen LogP contribution is 2.02. The van der Waals surface area contributed by atoms with Crippen LogP contribution < -0.4 is 5.32 Å². The quantitative estimate of drug-likeness (QED) is 0.676. The molecule has 6 nitrogen and oxygen atoms in total. The van der Waals surface area contributed by atoms with Crippen LogP contribution in [-0.4, -0.2) is 42.9 Å². The van der Waals surface area contributed by atoms with Crippen molar-refractivity contribution in [2.75, 3.05) is 11.5 Å². The van der Waals surface area contributed by atoms with Gasteiger partial charge in [0.2, 0.25) is 5.91 Å². The SMILES string of the molecule is CCC(C)NC(=O)CS(=O)(=O)CC(C)C(=O)O. The lowest BCUT2D eigenvalue weighted by Gasteiger charge is -2.12. The number of amides is 1. The van der Waals surface area contributed by atoms with Crippen LogP contribution in [0.5, 0.6) is 0 Å². The van der Waals surface area contributed by atoms with Crippen molar-refractivity contribution in [2.45, 2.75) is 33.2 Å². The van der Waals surface area contributed by atoms with Gasteiger partial charge in [0.1, 0.15) is 5.75 Å². The van der Waals surface area contributed by atoms with Crippen molar-refractivity contribution < 1.29 is 23.1 Å². The van der Waals surface area contributed by atoms with E-state index in [1.54, 1.807) is 6.92 Å². The molecule has 1 amide bonds. The van der Waals surface area contributed by atoms with Gasteiger partial charge in [0.05, 0.1) is 11.7 Å². The largest absolute Gasteiger partial charge is 0.481 e. The van der Waals surface area contributed by atoms with E-state index >= 15 is 0 Å². The van der Waals surface area contributed by atoms with Gasteiger partial charge in [-0.05, 0) is 13.3 Å². The van der Waals surface area contributed by atoms with E-state index < -0.39 is 39.1 Å². The minimum absolute atomic E-state index is 0.0883. The molecule has 0 aliphatic heterocycles. The second-order valence-corrected chi connectivity index (χ2v) is 6.28. The topological polar surface area (TPSA) is 101 Å². The number of carbonyl (C=O) groups excluding carboxylic acids is 1. The van der Waals surface area contributed by atoms with Crippen LogP contribution in [0.15, 0.2) is 0 Å². The van der Waals surface area contributed by atoms with Crippen molar-refractivity contribution in [2.24, 2.45) is 5.92 Å². The molecule has 0 aromatic heterocycles. The molecule has 0 bridgehead atoms. The predicted molar refractivity (Wildman–Crippen MR) is 63.3 cm³/mol. The Labute approximate surface area is 101 Å². The lowest BCUT2D eigenvalue weighted by atomic mass is 10.2. The molecular weight excluding hydrogens is 246 g/mol. The molecule has 0 spiro atoms. The summed E-state index contributed by atoms with van der Waals surface area (Å²) in [6, 6.07) is -0.0883. The zero-order chi connectivity index (χ0) is 13.6. The third-order valence-electron chi connectivity index (χ3n) is 2.30. The molecule has 0 saturated heterocycles. The summed E-state index contributed by atoms with van der Waals surface area (Å²) in [5.74, 6) is -3.95. The standard InChI is InChI=1S/C10H19NO5S/c1-4-8(3)11-9(12)6-17(15,16)5-7(2)10(13)14/h7-8H,4-6H2,1-3H3,(H,11,12)(H,13,14). The number of rotatable bonds is 7. The Morgan fingerprint density at radius 3 is 2.24 bits per heavy atom. The zero-order valence-electron chi connectivity index (χ0n) is 10.3. The maximum atomic E-state index is 11.5. The second-order valence-electron chi connectivity index (χ2n) is 4.17. The molecule has 0 aromatic carbocycles. The molecule has 2 atom stereocenters. The Kier molecular flexibility index (Phi) is 6.15. The van der Waals surface area contributed by atoms with E-state index in [-0.39, 0.29) is 6.04 Å². The summed E-state index contributed by atoms with van der Waals surface area (Å²) in [5.41, 5.74) is 0. The van der Waals surface area contributed by atoms with E-state index in [1.165, 1.54) is 6.92 Å². The number of carbonyl (C=O) groups is 2. The molecule has 0 saturated carbocycles. The predicted octanol–water partition coefficient (Wildman–Crippen LogP) is 0.0366. The van der Waals surface area contributed by atoms with E-state index in [9.17, 15) is 18.0 Å². The second kappa shape index (κ2) is 6.58. The Bertz CT molecular complexity index is 376. The van der Waals surface area contributed by atoms with Crippen LogP contribution in [0.1, 0.15) is 27.2 Å². The monoisotopic (exact) mass is 265 g/mol. The van der Waals surface area contributed by atoms with Gasteiger partial charge in [-0.25, -0.2) is 8.42 Å². The normalized spacial score (nSPS) is 15.0. The van der Waals surface area contributed by atoms with Crippen LogP contribution in [0.3, 0.4) is 0 Å². The van der Waals surface area contributed by atoms with Gasteiger partial charge in [0.15, 0.2) is 9.84 Å². The average Bonchev–Trinajstić information content (AvgIpc) is 2.15. The number of hydrogen-bond donors (Lipinski definition) is 2. The molecule has 100 valence electrons. The van der Waals surface area contributed by atoms with Crippen molar-refractivity contribution in [3.63, 3.8) is 0 Å². The van der Waals surface area contributed by atoms with Gasteiger partial charge in [-0.15, -0.1) is 0 Å². The Hall–Kier alpha value is -1.11. The summed E-state index contributed by atoms with van der Waals surface area (Å²) < 4.78 is 23.0. The van der Waals surface area contributed by atoms with Gasteiger partial charge < -0.3 is 10.4 Å². The lowest BCUT2D eigenvalue weighted by Crippen LogP contribution is -2.38. The Morgan fingerprint density at radius 1 is 1.29 bits per heavy atom. The molecule has 0 fully saturated rings. The fraction of sp³-hybridized carbons (Fsp3) is 0.800. The Morgan fingerprint density at radius 2 is 1.82 bits per heavy atom. The maximum absolute atomic E-state index is 11.5. The summed E-state index contributed by atoms with van der Waals surface area (Å²) in [5, 5.41) is 11.1. The minimum atomic E-state index is -3.67. The van der Waals surface area contributed by atoms with Crippen LogP contribution in [0, 0.1) is 5.92 Å². The van der Waals surface area contributed by atoms with Crippen LogP contribution in [0.2, 0.25) is 0 Å². The van der Waals surface area contributed by atoms with E-state index in [0.29, 0.717) is 6.42 Å². The zero-order valence-corrected chi connectivity index (χ0v) is 11.1. The summed E-state index contributed by atoms with van der Waals surface area (Å²) in [4.78, 5) is 21.9. The van der Waals surface area contributed by atoms with Gasteiger partial charge in [0, 0.05) is 6.04 Å². The van der Waals surface area contributed by atoms with Crippen molar-refractivity contribution in [1.29, 1.82) is 0 Å². The van der Waals surface area contributed by atoms with Gasteiger partial charge in [-0.2, -0.15) is 0 Å². The first-order valence-corrected chi connectivity index (χ1v) is 7.22. The van der Waals surface area contributed by atoms with Crippen LogP contribution >= 0.6 is 0 Å². The molecule has 17 heavy (non-hydrogen) atoms. The summed E-state index contributed by atoms with van der Waals surface area (Å²) >= 11 is 0. The fourth-order valence-corrected chi connectivity index (χ4v) is 2.63. The summed E-state index contributed by atoms with van der Waals surface area (Å²) in [6.07, 6.45) is 0.706. The van der Waals surface area contributed by atoms with Crippen LogP contribution in [0.25, 0.3) is 0 Å². The number of nitrogens with one attached hydrogen (secondary N) is 1. The van der Waals surface area contributed by atoms with Crippen LogP contribution in [0.4, 0.5) is 0 Å². The van der Waals surface area contributed by atoms with E-state index in [0.717, 1.165) is 0 Å². The van der Waals surface area contributed by atoms with Crippen molar-refractivity contribution >= 4 is 21.7 Å². The molecule has 0 aliphatic carbocycles. The number of aliphatic carboxylic acids is 1. The first-order valence-electron chi connectivity index (χ1n) is 5.40. The lowest BCUT2D eigenvalue weighted by molar-refractivity contribution is -0.140. The van der Waals surface area contributed by atoms with Crippen molar-refractivity contribution in [3.8, 4) is 0 Å². The molecule has 2 N–H and O–H groups in total. The van der Waals surface area contributed by atoms with Gasteiger partial charge >= 0.3 is 5.97 Å². The molecule has 2 unspecified atom stereocenters. The van der Waals surface area contributed by atoms with Crippen molar-refractivity contribution in [1.82, 2.24) is 5.32 Å². The Balaban J connectivity index is 4.36. The molecule has 0 heterocycles. The van der Waals surface area contributed by atoms with Crippen molar-refractivity contribution in [3.05, 3.63) is 0 Å². The van der Waals surface area contributed by atoms with Crippen LogP contribution in [-0.2, 0) is 19.4 Å². The van der Waals surface area contributed by atoms with Gasteiger partial charge in [-0.3, -0.25) is 9.59 Å². The summed E-state index contributed by atoms with van der Waals surface area (Å²) in [7, 11) is -3.67. The molecular formula is C10H19NO5S. The number of hydrogen-bond acceptors (Lipinski definition) is 4. The number of carboxylic acid groups (broad SMARTS) is 1. The third-order valence-corrected chi connectivity index (χ3v) is 4.01. The number of sulfone groups is 1. The highest BCUT2D eigenvalue weighted by Gasteiger charge is 2.23. The van der Waals surface area contributed by atoms with E-state index in [2.05, 4.69) is 5.32 Å². The highest BCUT2D eigenvalue weighted by molar-refractivity contribution is 7.92. The first kappa shape index (κ1) is 15.9. The molecule has 7 heteroatoms. The average molecular weight is 265 g/mol. The highest BCUT2D eigenvalue weighted by atomic mass is 32.2. The van der Waals surface area contributed by atoms with E-state index in [4.69, 9.17) is 5.11 Å². The number of carboxylic acids is 1. The third kappa shape index (κ3) is 6.93. The van der Waals surface area contributed by atoms with Gasteiger partial charge in [-0.1, -0.05) is 13.8 Å².